The number of benzene rings is 2. The summed E-state index contributed by atoms with van der Waals surface area (Å²) in [7, 11) is 0. The number of anilines is 1. The van der Waals surface area contributed by atoms with Gasteiger partial charge < -0.3 is 5.73 Å². The maximum Gasteiger partial charge on any atom is 0.265 e. The van der Waals surface area contributed by atoms with Crippen molar-refractivity contribution in [3.63, 3.8) is 0 Å². The fraction of sp³-hybridized carbons (Fsp3) is 0.188. The van der Waals surface area contributed by atoms with Crippen LogP contribution in [0.3, 0.4) is 0 Å². The standard InChI is InChI=1S/C16H16BrN3O/c17-14-4-1-11-7-8-20(10-13(11)9-14)19-16(21)12-2-5-15(18)6-3-12/h1-6,9H,7-8,10,18H2,(H,19,21). The summed E-state index contributed by atoms with van der Waals surface area (Å²) < 4.78 is 1.06. The van der Waals surface area contributed by atoms with Gasteiger partial charge in [0, 0.05) is 28.8 Å². The van der Waals surface area contributed by atoms with E-state index in [1.54, 1.807) is 24.3 Å². The highest BCUT2D eigenvalue weighted by Gasteiger charge is 2.18. The number of hydrogen-bond acceptors (Lipinski definition) is 3. The fourth-order valence-corrected chi connectivity index (χ4v) is 2.87. The first-order valence-corrected chi connectivity index (χ1v) is 7.60. The van der Waals surface area contributed by atoms with Crippen molar-refractivity contribution in [3.8, 4) is 0 Å². The zero-order chi connectivity index (χ0) is 14.8. The number of rotatable bonds is 2. The number of nitrogens with one attached hydrogen (secondary N) is 1. The molecule has 0 spiro atoms. The number of nitrogens with zero attached hydrogens (tertiary/aromatic N) is 1. The van der Waals surface area contributed by atoms with Gasteiger partial charge in [-0.15, -0.1) is 0 Å². The number of carbonyl (C=O) groups is 1. The molecule has 0 unspecified atom stereocenters. The monoisotopic (exact) mass is 345 g/mol. The van der Waals surface area contributed by atoms with Crippen molar-refractivity contribution >= 4 is 27.5 Å². The van der Waals surface area contributed by atoms with E-state index in [1.807, 2.05) is 5.01 Å². The molecule has 1 amide bonds. The zero-order valence-electron chi connectivity index (χ0n) is 11.5. The number of nitrogen functional groups attached to an aromatic ring is 1. The Morgan fingerprint density at radius 3 is 2.67 bits per heavy atom. The minimum atomic E-state index is -0.103. The first kappa shape index (κ1) is 14.1. The van der Waals surface area contributed by atoms with Gasteiger partial charge in [0.1, 0.15) is 0 Å². The van der Waals surface area contributed by atoms with Gasteiger partial charge in [0.2, 0.25) is 0 Å². The van der Waals surface area contributed by atoms with Crippen molar-refractivity contribution in [2.24, 2.45) is 0 Å². The van der Waals surface area contributed by atoms with E-state index in [1.165, 1.54) is 11.1 Å². The van der Waals surface area contributed by atoms with Crippen LogP contribution in [0.5, 0.6) is 0 Å². The van der Waals surface area contributed by atoms with E-state index >= 15 is 0 Å². The van der Waals surface area contributed by atoms with Crippen molar-refractivity contribution in [3.05, 3.63) is 63.6 Å². The van der Waals surface area contributed by atoms with Crippen LogP contribution in [0, 0.1) is 0 Å². The van der Waals surface area contributed by atoms with Crippen LogP contribution in [0.1, 0.15) is 21.5 Å². The Morgan fingerprint density at radius 2 is 1.90 bits per heavy atom. The van der Waals surface area contributed by atoms with E-state index in [0.29, 0.717) is 11.3 Å². The third-order valence-electron chi connectivity index (χ3n) is 3.61. The largest absolute Gasteiger partial charge is 0.399 e. The Labute approximate surface area is 132 Å². The Balaban J connectivity index is 1.69. The predicted molar refractivity (Wildman–Crippen MR) is 86.6 cm³/mol. The summed E-state index contributed by atoms with van der Waals surface area (Å²) >= 11 is 3.49. The third kappa shape index (κ3) is 3.25. The lowest BCUT2D eigenvalue weighted by molar-refractivity contribution is 0.0764. The minimum absolute atomic E-state index is 0.103. The third-order valence-corrected chi connectivity index (χ3v) is 4.11. The molecule has 0 radical (unpaired) electrons. The average Bonchev–Trinajstić information content (AvgIpc) is 2.47. The van der Waals surface area contributed by atoms with Gasteiger partial charge in [-0.05, 0) is 53.9 Å². The average molecular weight is 346 g/mol. The molecule has 1 aliphatic rings. The van der Waals surface area contributed by atoms with Crippen LogP contribution in [0.4, 0.5) is 5.69 Å². The quantitative estimate of drug-likeness (QED) is 0.822. The molecule has 108 valence electrons. The molecular weight excluding hydrogens is 330 g/mol. The number of fused-ring (bicyclic) bond motifs is 1. The van der Waals surface area contributed by atoms with Crippen LogP contribution >= 0.6 is 15.9 Å². The van der Waals surface area contributed by atoms with Crippen LogP contribution in [0.25, 0.3) is 0 Å². The lowest BCUT2D eigenvalue weighted by atomic mass is 10.0. The summed E-state index contributed by atoms with van der Waals surface area (Å²) in [5.41, 5.74) is 12.4. The highest BCUT2D eigenvalue weighted by molar-refractivity contribution is 9.10. The van der Waals surface area contributed by atoms with Crippen molar-refractivity contribution in [1.29, 1.82) is 0 Å². The van der Waals surface area contributed by atoms with Gasteiger partial charge in [0.25, 0.3) is 5.91 Å². The lowest BCUT2D eigenvalue weighted by Gasteiger charge is -2.29. The summed E-state index contributed by atoms with van der Waals surface area (Å²) in [5.74, 6) is -0.103. The molecule has 0 saturated heterocycles. The summed E-state index contributed by atoms with van der Waals surface area (Å²) in [6.07, 6.45) is 0.935. The molecule has 2 aromatic rings. The predicted octanol–water partition coefficient (Wildman–Crippen LogP) is 2.73. The molecule has 2 aromatic carbocycles. The van der Waals surface area contributed by atoms with Crippen LogP contribution in [0.2, 0.25) is 0 Å². The highest BCUT2D eigenvalue weighted by Crippen LogP contribution is 2.22. The number of hydrogen-bond donors (Lipinski definition) is 2. The molecule has 0 bridgehead atoms. The lowest BCUT2D eigenvalue weighted by Crippen LogP contribution is -2.44. The van der Waals surface area contributed by atoms with Gasteiger partial charge in [0.15, 0.2) is 0 Å². The summed E-state index contributed by atoms with van der Waals surface area (Å²) in [6, 6.07) is 13.2. The van der Waals surface area contributed by atoms with Gasteiger partial charge in [-0.1, -0.05) is 22.0 Å². The second-order valence-electron chi connectivity index (χ2n) is 5.15. The Hall–Kier alpha value is -1.85. The van der Waals surface area contributed by atoms with Gasteiger partial charge in [-0.2, -0.15) is 0 Å². The number of hydrazine groups is 1. The summed E-state index contributed by atoms with van der Waals surface area (Å²) in [5, 5.41) is 1.95. The van der Waals surface area contributed by atoms with E-state index in [2.05, 4.69) is 39.6 Å². The summed E-state index contributed by atoms with van der Waals surface area (Å²) in [4.78, 5) is 12.2. The van der Waals surface area contributed by atoms with E-state index in [4.69, 9.17) is 5.73 Å². The maximum atomic E-state index is 12.2. The second kappa shape index (κ2) is 5.87. The van der Waals surface area contributed by atoms with Crippen LogP contribution in [-0.2, 0) is 13.0 Å². The number of nitrogens with two attached hydrogens (primary N) is 1. The van der Waals surface area contributed by atoms with Crippen molar-refractivity contribution in [1.82, 2.24) is 10.4 Å². The molecular formula is C16H16BrN3O. The molecule has 1 heterocycles. The van der Waals surface area contributed by atoms with Gasteiger partial charge >= 0.3 is 0 Å². The smallest absolute Gasteiger partial charge is 0.265 e. The van der Waals surface area contributed by atoms with E-state index in [-0.39, 0.29) is 5.91 Å². The van der Waals surface area contributed by atoms with Crippen LogP contribution < -0.4 is 11.2 Å². The van der Waals surface area contributed by atoms with Gasteiger partial charge in [-0.25, -0.2) is 5.01 Å². The van der Waals surface area contributed by atoms with E-state index in [0.717, 1.165) is 24.0 Å². The minimum Gasteiger partial charge on any atom is -0.399 e. The fourth-order valence-electron chi connectivity index (χ4n) is 2.46. The second-order valence-corrected chi connectivity index (χ2v) is 6.06. The van der Waals surface area contributed by atoms with Gasteiger partial charge in [0.05, 0.1) is 0 Å². The molecule has 21 heavy (non-hydrogen) atoms. The molecule has 0 aliphatic carbocycles. The van der Waals surface area contributed by atoms with E-state index in [9.17, 15) is 4.79 Å². The van der Waals surface area contributed by atoms with E-state index < -0.39 is 0 Å². The van der Waals surface area contributed by atoms with Crippen LogP contribution in [0.15, 0.2) is 46.9 Å². The Morgan fingerprint density at radius 1 is 1.14 bits per heavy atom. The number of halogens is 1. The van der Waals surface area contributed by atoms with Crippen molar-refractivity contribution in [2.45, 2.75) is 13.0 Å². The number of amides is 1. The molecule has 3 rings (SSSR count). The Bertz CT molecular complexity index is 670. The maximum absolute atomic E-state index is 12.2. The first-order valence-electron chi connectivity index (χ1n) is 6.80. The van der Waals surface area contributed by atoms with Gasteiger partial charge in [-0.3, -0.25) is 10.2 Å². The normalized spacial score (nSPS) is 14.5. The molecule has 3 N–H and O–H groups in total. The topological polar surface area (TPSA) is 58.4 Å². The highest BCUT2D eigenvalue weighted by atomic mass is 79.9. The SMILES string of the molecule is Nc1ccc(C(=O)NN2CCc3ccc(Br)cc3C2)cc1. The molecule has 0 atom stereocenters. The molecule has 0 fully saturated rings. The summed E-state index contributed by atoms with van der Waals surface area (Å²) in [6.45, 7) is 1.53. The van der Waals surface area contributed by atoms with Crippen molar-refractivity contribution < 1.29 is 4.79 Å². The zero-order valence-corrected chi connectivity index (χ0v) is 13.1. The molecule has 5 heteroatoms. The Kier molecular flexibility index (Phi) is 3.94. The molecule has 1 aliphatic heterocycles. The molecule has 4 nitrogen and oxygen atoms in total. The number of carbonyl (C=O) groups excluding carboxylic acids is 1. The first-order chi connectivity index (χ1) is 10.1. The van der Waals surface area contributed by atoms with Crippen molar-refractivity contribution in [2.75, 3.05) is 12.3 Å². The van der Waals surface area contributed by atoms with Crippen LogP contribution in [-0.4, -0.2) is 17.5 Å². The molecule has 0 aromatic heterocycles. The molecule has 0 saturated carbocycles.